The average Bonchev–Trinajstić information content (AvgIpc) is 2.65. The van der Waals surface area contributed by atoms with Crippen LogP contribution in [-0.2, 0) is 20.2 Å². The molecule has 1 aromatic heterocycles. The monoisotopic (exact) mass is 249 g/mol. The summed E-state index contributed by atoms with van der Waals surface area (Å²) in [6.45, 7) is 2.37. The summed E-state index contributed by atoms with van der Waals surface area (Å²) < 4.78 is 20.8. The molecule has 0 unspecified atom stereocenters. The van der Waals surface area contributed by atoms with Crippen LogP contribution in [0.2, 0.25) is 0 Å². The van der Waals surface area contributed by atoms with E-state index < -0.39 is 0 Å². The van der Waals surface area contributed by atoms with Crippen LogP contribution in [0.1, 0.15) is 17.0 Å². The number of rotatable bonds is 4. The van der Waals surface area contributed by atoms with Gasteiger partial charge in [0.2, 0.25) is 0 Å². The number of aromatic nitrogens is 2. The maximum atomic E-state index is 13.5. The van der Waals surface area contributed by atoms with E-state index in [1.807, 2.05) is 20.0 Å². The molecule has 2 aromatic rings. The molecule has 96 valence electrons. The molecule has 0 aliphatic carbocycles. The Morgan fingerprint density at radius 1 is 1.44 bits per heavy atom. The van der Waals surface area contributed by atoms with E-state index in [0.717, 1.165) is 11.4 Å². The zero-order chi connectivity index (χ0) is 13.1. The predicted molar refractivity (Wildman–Crippen MR) is 66.6 cm³/mol. The van der Waals surface area contributed by atoms with Gasteiger partial charge >= 0.3 is 0 Å². The maximum absolute atomic E-state index is 13.5. The minimum atomic E-state index is -0.337. The van der Waals surface area contributed by atoms with Crippen LogP contribution in [0.5, 0.6) is 5.75 Å². The normalized spacial score (nSPS) is 10.7. The van der Waals surface area contributed by atoms with E-state index in [4.69, 9.17) is 10.5 Å². The van der Waals surface area contributed by atoms with Crippen LogP contribution < -0.4 is 10.5 Å². The van der Waals surface area contributed by atoms with Crippen molar-refractivity contribution in [1.29, 1.82) is 0 Å². The molecule has 4 nitrogen and oxygen atoms in total. The highest BCUT2D eigenvalue weighted by Gasteiger charge is 2.09. The quantitative estimate of drug-likeness (QED) is 0.900. The van der Waals surface area contributed by atoms with E-state index in [0.29, 0.717) is 17.9 Å². The van der Waals surface area contributed by atoms with Gasteiger partial charge in [0.25, 0.3) is 0 Å². The molecule has 0 fully saturated rings. The van der Waals surface area contributed by atoms with E-state index in [9.17, 15) is 4.39 Å². The number of ether oxygens (including phenoxy) is 1. The van der Waals surface area contributed by atoms with Crippen LogP contribution in [0.4, 0.5) is 4.39 Å². The molecule has 1 aromatic carbocycles. The Bertz CT molecular complexity index is 551. The van der Waals surface area contributed by atoms with Crippen molar-refractivity contribution in [3.05, 3.63) is 47.0 Å². The highest BCUT2D eigenvalue weighted by atomic mass is 19.1. The van der Waals surface area contributed by atoms with Crippen molar-refractivity contribution < 1.29 is 9.13 Å². The molecule has 0 aliphatic rings. The molecule has 0 amide bonds. The first kappa shape index (κ1) is 12.6. The molecular weight excluding hydrogens is 233 g/mol. The molecule has 18 heavy (non-hydrogen) atoms. The minimum absolute atomic E-state index is 0.117. The summed E-state index contributed by atoms with van der Waals surface area (Å²) in [6, 6.07) is 6.64. The van der Waals surface area contributed by atoms with Crippen LogP contribution in [0.25, 0.3) is 0 Å². The lowest BCUT2D eigenvalue weighted by Gasteiger charge is -2.10. The lowest BCUT2D eigenvalue weighted by molar-refractivity contribution is 0.290. The molecule has 1 heterocycles. The average molecular weight is 249 g/mol. The van der Waals surface area contributed by atoms with E-state index in [2.05, 4.69) is 5.10 Å². The van der Waals surface area contributed by atoms with Gasteiger partial charge in [-0.2, -0.15) is 5.10 Å². The van der Waals surface area contributed by atoms with Crippen LogP contribution in [-0.4, -0.2) is 9.78 Å². The zero-order valence-electron chi connectivity index (χ0n) is 10.5. The van der Waals surface area contributed by atoms with Crippen molar-refractivity contribution >= 4 is 0 Å². The van der Waals surface area contributed by atoms with Gasteiger partial charge in [-0.3, -0.25) is 4.68 Å². The standard InChI is InChI=1S/C13H16FN3O/c1-9-6-10(17(2)16-9)8-18-13-5-3-4-12(14)11(13)7-15/h3-6H,7-8,15H2,1-2H3. The lowest BCUT2D eigenvalue weighted by Crippen LogP contribution is -2.07. The SMILES string of the molecule is Cc1cc(COc2cccc(F)c2CN)n(C)n1. The molecule has 2 rings (SSSR count). The number of halogens is 1. The summed E-state index contributed by atoms with van der Waals surface area (Å²) in [5.41, 5.74) is 7.77. The van der Waals surface area contributed by atoms with Crippen molar-refractivity contribution in [3.63, 3.8) is 0 Å². The number of aryl methyl sites for hydroxylation is 2. The molecule has 0 saturated heterocycles. The highest BCUT2D eigenvalue weighted by Crippen LogP contribution is 2.22. The molecule has 0 bridgehead atoms. The Morgan fingerprint density at radius 2 is 2.22 bits per heavy atom. The maximum Gasteiger partial charge on any atom is 0.131 e. The number of benzene rings is 1. The van der Waals surface area contributed by atoms with Gasteiger partial charge in [0, 0.05) is 19.2 Å². The van der Waals surface area contributed by atoms with Gasteiger partial charge in [-0.1, -0.05) is 6.07 Å². The first-order chi connectivity index (χ1) is 8.61. The van der Waals surface area contributed by atoms with Gasteiger partial charge in [-0.25, -0.2) is 4.39 Å². The number of hydrogen-bond acceptors (Lipinski definition) is 3. The molecule has 0 atom stereocenters. The Hall–Kier alpha value is -1.88. The largest absolute Gasteiger partial charge is 0.487 e. The van der Waals surface area contributed by atoms with Crippen LogP contribution >= 0.6 is 0 Å². The molecule has 5 heteroatoms. The predicted octanol–water partition coefficient (Wildman–Crippen LogP) is 1.91. The smallest absolute Gasteiger partial charge is 0.131 e. The fourth-order valence-electron chi connectivity index (χ4n) is 1.82. The van der Waals surface area contributed by atoms with Gasteiger partial charge in [0.1, 0.15) is 18.2 Å². The third-order valence-electron chi connectivity index (χ3n) is 2.75. The summed E-state index contributed by atoms with van der Waals surface area (Å²) in [5.74, 6) is 0.146. The third kappa shape index (κ3) is 2.51. The molecular formula is C13H16FN3O. The highest BCUT2D eigenvalue weighted by molar-refractivity contribution is 5.34. The Balaban J connectivity index is 2.15. The first-order valence-electron chi connectivity index (χ1n) is 5.71. The van der Waals surface area contributed by atoms with E-state index in [1.54, 1.807) is 16.8 Å². The third-order valence-corrected chi connectivity index (χ3v) is 2.75. The van der Waals surface area contributed by atoms with Crippen LogP contribution in [0.3, 0.4) is 0 Å². The second-order valence-corrected chi connectivity index (χ2v) is 4.11. The van der Waals surface area contributed by atoms with E-state index in [-0.39, 0.29) is 12.4 Å². The van der Waals surface area contributed by atoms with Crippen molar-refractivity contribution in [2.75, 3.05) is 0 Å². The Morgan fingerprint density at radius 3 is 2.83 bits per heavy atom. The molecule has 2 N–H and O–H groups in total. The topological polar surface area (TPSA) is 53.1 Å². The van der Waals surface area contributed by atoms with Gasteiger partial charge in [-0.15, -0.1) is 0 Å². The van der Waals surface area contributed by atoms with Gasteiger partial charge in [-0.05, 0) is 25.1 Å². The summed E-state index contributed by atoms with van der Waals surface area (Å²) >= 11 is 0. The van der Waals surface area contributed by atoms with E-state index >= 15 is 0 Å². The van der Waals surface area contributed by atoms with Crippen molar-refractivity contribution in [1.82, 2.24) is 9.78 Å². The lowest BCUT2D eigenvalue weighted by atomic mass is 10.2. The molecule has 0 saturated carbocycles. The number of nitrogens with zero attached hydrogens (tertiary/aromatic N) is 2. The number of hydrogen-bond donors (Lipinski definition) is 1. The Kier molecular flexibility index (Phi) is 3.62. The first-order valence-corrected chi connectivity index (χ1v) is 5.71. The summed E-state index contributed by atoms with van der Waals surface area (Å²) in [6.07, 6.45) is 0. The van der Waals surface area contributed by atoms with E-state index in [1.165, 1.54) is 6.07 Å². The zero-order valence-corrected chi connectivity index (χ0v) is 10.5. The fraction of sp³-hybridized carbons (Fsp3) is 0.308. The van der Waals surface area contributed by atoms with Crippen molar-refractivity contribution in [2.24, 2.45) is 12.8 Å². The van der Waals surface area contributed by atoms with Crippen LogP contribution in [0.15, 0.2) is 24.3 Å². The number of nitrogens with two attached hydrogens (primary N) is 1. The fourth-order valence-corrected chi connectivity index (χ4v) is 1.82. The van der Waals surface area contributed by atoms with Gasteiger partial charge in [0.05, 0.1) is 11.4 Å². The minimum Gasteiger partial charge on any atom is -0.487 e. The van der Waals surface area contributed by atoms with Crippen molar-refractivity contribution in [2.45, 2.75) is 20.1 Å². The molecule has 0 spiro atoms. The van der Waals surface area contributed by atoms with Crippen LogP contribution in [0, 0.1) is 12.7 Å². The van der Waals surface area contributed by atoms with Gasteiger partial charge in [0.15, 0.2) is 0 Å². The Labute approximate surface area is 105 Å². The van der Waals surface area contributed by atoms with Gasteiger partial charge < -0.3 is 10.5 Å². The summed E-state index contributed by atoms with van der Waals surface area (Å²) in [7, 11) is 1.85. The summed E-state index contributed by atoms with van der Waals surface area (Å²) in [5, 5.41) is 4.22. The summed E-state index contributed by atoms with van der Waals surface area (Å²) in [4.78, 5) is 0. The second kappa shape index (κ2) is 5.18. The second-order valence-electron chi connectivity index (χ2n) is 4.11. The molecule has 0 aliphatic heterocycles. The molecule has 0 radical (unpaired) electrons. The van der Waals surface area contributed by atoms with Crippen molar-refractivity contribution in [3.8, 4) is 5.75 Å².